The van der Waals surface area contributed by atoms with E-state index in [2.05, 4.69) is 0 Å². The highest BCUT2D eigenvalue weighted by Gasteiger charge is 2.12. The molecule has 110 valence electrons. The SMILES string of the molecule is COc1cccc(COc2ccc(Cl)cc2C(C)=O)c1F. The Hall–Kier alpha value is -2.07. The number of ketones is 1. The van der Waals surface area contributed by atoms with Crippen LogP contribution in [-0.4, -0.2) is 12.9 Å². The van der Waals surface area contributed by atoms with E-state index in [0.29, 0.717) is 21.9 Å². The Morgan fingerprint density at radius 2 is 2.00 bits per heavy atom. The fraction of sp³-hybridized carbons (Fsp3) is 0.188. The van der Waals surface area contributed by atoms with E-state index < -0.39 is 5.82 Å². The van der Waals surface area contributed by atoms with E-state index in [9.17, 15) is 9.18 Å². The summed E-state index contributed by atoms with van der Waals surface area (Å²) in [6, 6.07) is 9.54. The molecule has 0 spiro atoms. The summed E-state index contributed by atoms with van der Waals surface area (Å²) < 4.78 is 24.5. The number of ether oxygens (including phenoxy) is 2. The fourth-order valence-corrected chi connectivity index (χ4v) is 2.06. The third-order valence-corrected chi connectivity index (χ3v) is 3.20. The van der Waals surface area contributed by atoms with E-state index in [-0.39, 0.29) is 18.1 Å². The van der Waals surface area contributed by atoms with Crippen LogP contribution >= 0.6 is 11.6 Å². The zero-order valence-electron chi connectivity index (χ0n) is 11.7. The van der Waals surface area contributed by atoms with Gasteiger partial charge in [-0.3, -0.25) is 4.79 Å². The van der Waals surface area contributed by atoms with E-state index >= 15 is 0 Å². The van der Waals surface area contributed by atoms with E-state index in [1.807, 2.05) is 0 Å². The van der Waals surface area contributed by atoms with Gasteiger partial charge in [0.15, 0.2) is 17.3 Å². The summed E-state index contributed by atoms with van der Waals surface area (Å²) in [7, 11) is 1.40. The second kappa shape index (κ2) is 6.59. The molecule has 0 amide bonds. The average Bonchev–Trinajstić information content (AvgIpc) is 2.47. The lowest BCUT2D eigenvalue weighted by molar-refractivity contribution is 0.101. The predicted octanol–water partition coefficient (Wildman–Crippen LogP) is 4.27. The van der Waals surface area contributed by atoms with Crippen molar-refractivity contribution in [3.63, 3.8) is 0 Å². The molecule has 0 aliphatic rings. The first kappa shape index (κ1) is 15.3. The second-order valence-electron chi connectivity index (χ2n) is 4.42. The molecule has 0 aliphatic carbocycles. The van der Waals surface area contributed by atoms with Gasteiger partial charge in [-0.05, 0) is 31.2 Å². The van der Waals surface area contributed by atoms with E-state index in [1.54, 1.807) is 24.3 Å². The minimum atomic E-state index is -0.474. The lowest BCUT2D eigenvalue weighted by Gasteiger charge is -2.12. The molecule has 5 heteroatoms. The first-order valence-electron chi connectivity index (χ1n) is 6.27. The van der Waals surface area contributed by atoms with Crippen molar-refractivity contribution in [3.8, 4) is 11.5 Å². The number of rotatable bonds is 5. The third-order valence-electron chi connectivity index (χ3n) is 2.97. The van der Waals surface area contributed by atoms with Gasteiger partial charge in [0, 0.05) is 10.6 Å². The van der Waals surface area contributed by atoms with E-state index in [4.69, 9.17) is 21.1 Å². The normalized spacial score (nSPS) is 10.3. The highest BCUT2D eigenvalue weighted by atomic mass is 35.5. The van der Waals surface area contributed by atoms with Crippen molar-refractivity contribution < 1.29 is 18.7 Å². The Morgan fingerprint density at radius 3 is 2.67 bits per heavy atom. The average molecular weight is 309 g/mol. The van der Waals surface area contributed by atoms with Crippen LogP contribution in [-0.2, 0) is 6.61 Å². The maximum absolute atomic E-state index is 14.0. The van der Waals surface area contributed by atoms with Crippen LogP contribution in [0.2, 0.25) is 5.02 Å². The molecule has 2 aromatic rings. The van der Waals surface area contributed by atoms with Crippen LogP contribution in [0.4, 0.5) is 4.39 Å². The molecule has 0 N–H and O–H groups in total. The lowest BCUT2D eigenvalue weighted by Crippen LogP contribution is -2.04. The predicted molar refractivity (Wildman–Crippen MR) is 78.7 cm³/mol. The van der Waals surface area contributed by atoms with Gasteiger partial charge in [0.05, 0.1) is 12.7 Å². The Bertz CT molecular complexity index is 671. The van der Waals surface area contributed by atoms with Gasteiger partial charge in [-0.2, -0.15) is 0 Å². The molecule has 0 unspecified atom stereocenters. The molecule has 0 atom stereocenters. The minimum absolute atomic E-state index is 0.00898. The first-order chi connectivity index (χ1) is 10.0. The Balaban J connectivity index is 2.23. The maximum Gasteiger partial charge on any atom is 0.171 e. The van der Waals surface area contributed by atoms with Gasteiger partial charge in [-0.15, -0.1) is 0 Å². The van der Waals surface area contributed by atoms with Crippen molar-refractivity contribution >= 4 is 17.4 Å². The fourth-order valence-electron chi connectivity index (χ4n) is 1.88. The largest absolute Gasteiger partial charge is 0.494 e. The van der Waals surface area contributed by atoms with E-state index in [1.165, 1.54) is 26.2 Å². The highest BCUT2D eigenvalue weighted by Crippen LogP contribution is 2.26. The molecular weight excluding hydrogens is 295 g/mol. The highest BCUT2D eigenvalue weighted by molar-refractivity contribution is 6.31. The molecule has 0 heterocycles. The minimum Gasteiger partial charge on any atom is -0.494 e. The molecule has 2 aromatic carbocycles. The number of hydrogen-bond donors (Lipinski definition) is 0. The molecule has 0 bridgehead atoms. The summed E-state index contributed by atoms with van der Waals surface area (Å²) in [5.41, 5.74) is 0.713. The summed E-state index contributed by atoms with van der Waals surface area (Å²) in [6.07, 6.45) is 0. The monoisotopic (exact) mass is 308 g/mol. The Kier molecular flexibility index (Phi) is 4.81. The van der Waals surface area contributed by atoms with Gasteiger partial charge in [0.1, 0.15) is 12.4 Å². The topological polar surface area (TPSA) is 35.5 Å². The van der Waals surface area contributed by atoms with Crippen molar-refractivity contribution in [2.75, 3.05) is 7.11 Å². The second-order valence-corrected chi connectivity index (χ2v) is 4.86. The van der Waals surface area contributed by atoms with E-state index in [0.717, 1.165) is 0 Å². The van der Waals surface area contributed by atoms with Crippen LogP contribution in [0.5, 0.6) is 11.5 Å². The summed E-state index contributed by atoms with van der Waals surface area (Å²) in [4.78, 5) is 11.6. The summed E-state index contributed by atoms with van der Waals surface area (Å²) >= 11 is 5.86. The molecule has 0 saturated carbocycles. The first-order valence-corrected chi connectivity index (χ1v) is 6.65. The van der Waals surface area contributed by atoms with Crippen LogP contribution in [0, 0.1) is 5.82 Å². The van der Waals surface area contributed by atoms with Gasteiger partial charge in [-0.25, -0.2) is 4.39 Å². The van der Waals surface area contributed by atoms with Crippen LogP contribution in [0.1, 0.15) is 22.8 Å². The molecule has 0 aromatic heterocycles. The number of carbonyl (C=O) groups excluding carboxylic acids is 1. The molecule has 21 heavy (non-hydrogen) atoms. The Labute approximate surface area is 127 Å². The third kappa shape index (κ3) is 3.52. The van der Waals surface area contributed by atoms with Gasteiger partial charge < -0.3 is 9.47 Å². The Morgan fingerprint density at radius 1 is 1.24 bits per heavy atom. The number of methoxy groups -OCH3 is 1. The molecule has 0 fully saturated rings. The van der Waals surface area contributed by atoms with Crippen LogP contribution < -0.4 is 9.47 Å². The quantitative estimate of drug-likeness (QED) is 0.774. The number of Topliss-reactive ketones (excluding diaryl/α,β-unsaturated/α-hetero) is 1. The van der Waals surface area contributed by atoms with Crippen LogP contribution in [0.25, 0.3) is 0 Å². The van der Waals surface area contributed by atoms with Crippen molar-refractivity contribution in [1.29, 1.82) is 0 Å². The molecule has 3 nitrogen and oxygen atoms in total. The molecule has 0 saturated heterocycles. The molecule has 0 radical (unpaired) electrons. The number of carbonyl (C=O) groups is 1. The lowest BCUT2D eigenvalue weighted by atomic mass is 10.1. The van der Waals surface area contributed by atoms with Crippen molar-refractivity contribution in [3.05, 3.63) is 58.4 Å². The zero-order chi connectivity index (χ0) is 15.4. The summed E-state index contributed by atoms with van der Waals surface area (Å²) in [5.74, 6) is -0.120. The standard InChI is InChI=1S/C16H14ClFO3/c1-10(19)13-8-12(17)6-7-14(13)21-9-11-4-3-5-15(20-2)16(11)18/h3-8H,9H2,1-2H3. The van der Waals surface area contributed by atoms with Crippen molar-refractivity contribution in [2.45, 2.75) is 13.5 Å². The van der Waals surface area contributed by atoms with Gasteiger partial charge in [0.2, 0.25) is 0 Å². The molecular formula is C16H14ClFO3. The summed E-state index contributed by atoms with van der Waals surface area (Å²) in [5, 5.41) is 0.445. The van der Waals surface area contributed by atoms with Gasteiger partial charge in [-0.1, -0.05) is 23.7 Å². The molecule has 0 aliphatic heterocycles. The zero-order valence-corrected chi connectivity index (χ0v) is 12.4. The number of hydrogen-bond acceptors (Lipinski definition) is 3. The number of benzene rings is 2. The summed E-state index contributed by atoms with van der Waals surface area (Å²) in [6.45, 7) is 1.41. The van der Waals surface area contributed by atoms with Crippen molar-refractivity contribution in [2.24, 2.45) is 0 Å². The molecule has 2 rings (SSSR count). The van der Waals surface area contributed by atoms with Crippen molar-refractivity contribution in [1.82, 2.24) is 0 Å². The smallest absolute Gasteiger partial charge is 0.171 e. The van der Waals surface area contributed by atoms with Crippen LogP contribution in [0.15, 0.2) is 36.4 Å². The number of halogens is 2. The van der Waals surface area contributed by atoms with Gasteiger partial charge >= 0.3 is 0 Å². The van der Waals surface area contributed by atoms with Crippen LogP contribution in [0.3, 0.4) is 0 Å². The van der Waals surface area contributed by atoms with Gasteiger partial charge in [0.25, 0.3) is 0 Å². The maximum atomic E-state index is 14.0.